The molecule has 20 heavy (non-hydrogen) atoms. The van der Waals surface area contributed by atoms with E-state index in [9.17, 15) is 0 Å². The molecule has 0 aliphatic heterocycles. The van der Waals surface area contributed by atoms with Gasteiger partial charge >= 0.3 is 0 Å². The van der Waals surface area contributed by atoms with Crippen LogP contribution in [0.4, 0.5) is 11.4 Å². The van der Waals surface area contributed by atoms with Crippen LogP contribution >= 0.6 is 39.7 Å². The van der Waals surface area contributed by atoms with Gasteiger partial charge in [-0.2, -0.15) is 0 Å². The summed E-state index contributed by atoms with van der Waals surface area (Å²) in [5, 5.41) is 3.97. The Balaban J connectivity index is 2.44. The molecule has 0 saturated carbocycles. The molecule has 104 valence electrons. The van der Waals surface area contributed by atoms with Crippen molar-refractivity contribution in [2.24, 2.45) is 5.73 Å². The van der Waals surface area contributed by atoms with Crippen LogP contribution in [0.1, 0.15) is 16.7 Å². The number of hydrogen-bond acceptors (Lipinski definition) is 2. The summed E-state index contributed by atoms with van der Waals surface area (Å²) in [5.41, 5.74) is 10.6. The molecule has 0 aromatic heterocycles. The Labute approximate surface area is 137 Å². The normalized spacial score (nSPS) is 10.4. The van der Waals surface area contributed by atoms with Gasteiger partial charge in [-0.25, -0.2) is 0 Å². The second-order valence-corrected chi connectivity index (χ2v) is 6.27. The summed E-state index contributed by atoms with van der Waals surface area (Å²) < 4.78 is 1.11. The fraction of sp³-hybridized carbons (Fsp3) is 0.133. The third-order valence-electron chi connectivity index (χ3n) is 2.96. The lowest BCUT2D eigenvalue weighted by molar-refractivity contribution is 1.33. The van der Waals surface area contributed by atoms with Gasteiger partial charge in [-0.3, -0.25) is 0 Å². The van der Waals surface area contributed by atoms with Gasteiger partial charge in [0.1, 0.15) is 4.99 Å². The molecule has 0 fully saturated rings. The van der Waals surface area contributed by atoms with Crippen LogP contribution in [0, 0.1) is 13.8 Å². The smallest absolute Gasteiger partial charge is 0.106 e. The molecule has 2 rings (SSSR count). The number of thiocarbonyl (C=S) groups is 1. The highest BCUT2D eigenvalue weighted by Gasteiger charge is 2.08. The Kier molecular flexibility index (Phi) is 4.68. The van der Waals surface area contributed by atoms with Gasteiger partial charge in [0, 0.05) is 20.7 Å². The quantitative estimate of drug-likeness (QED) is 0.739. The Morgan fingerprint density at radius 1 is 1.20 bits per heavy atom. The molecule has 3 N–H and O–H groups in total. The minimum absolute atomic E-state index is 0.342. The van der Waals surface area contributed by atoms with Crippen molar-refractivity contribution in [1.29, 1.82) is 0 Å². The first-order valence-electron chi connectivity index (χ1n) is 6.01. The number of benzene rings is 2. The van der Waals surface area contributed by atoms with Gasteiger partial charge in [-0.1, -0.05) is 39.7 Å². The molecular weight excluding hydrogens is 356 g/mol. The van der Waals surface area contributed by atoms with Crippen LogP contribution < -0.4 is 11.1 Å². The monoisotopic (exact) mass is 368 g/mol. The molecule has 0 aliphatic carbocycles. The SMILES string of the molecule is Cc1cc(Nc2cc(Cl)ccc2C(N)=S)cc(C)c1Br. The van der Waals surface area contributed by atoms with Crippen LogP contribution in [0.15, 0.2) is 34.8 Å². The van der Waals surface area contributed by atoms with Crippen molar-refractivity contribution in [3.63, 3.8) is 0 Å². The van der Waals surface area contributed by atoms with Crippen molar-refractivity contribution in [2.75, 3.05) is 5.32 Å². The summed E-state index contributed by atoms with van der Waals surface area (Å²) >= 11 is 14.7. The lowest BCUT2D eigenvalue weighted by Gasteiger charge is -2.14. The van der Waals surface area contributed by atoms with Gasteiger partial charge in [0.05, 0.1) is 5.69 Å². The zero-order valence-corrected chi connectivity index (χ0v) is 14.3. The predicted octanol–water partition coefficient (Wildman–Crippen LogP) is 5.10. The van der Waals surface area contributed by atoms with Crippen molar-refractivity contribution in [3.05, 3.63) is 56.5 Å². The maximum atomic E-state index is 6.04. The fourth-order valence-electron chi connectivity index (χ4n) is 2.01. The minimum atomic E-state index is 0.342. The van der Waals surface area contributed by atoms with E-state index >= 15 is 0 Å². The lowest BCUT2D eigenvalue weighted by atomic mass is 10.1. The summed E-state index contributed by atoms with van der Waals surface area (Å²) in [7, 11) is 0. The standard InChI is InChI=1S/C15H14BrClN2S/c1-8-5-11(6-9(2)14(8)16)19-13-7-10(17)3-4-12(13)15(18)20/h3-7,19H,1-2H3,(H2,18,20). The van der Waals surface area contributed by atoms with Crippen LogP contribution in [-0.4, -0.2) is 4.99 Å². The van der Waals surface area contributed by atoms with E-state index in [1.54, 1.807) is 6.07 Å². The molecule has 2 aromatic carbocycles. The molecule has 0 atom stereocenters. The van der Waals surface area contributed by atoms with E-state index < -0.39 is 0 Å². The molecule has 0 saturated heterocycles. The number of nitrogens with two attached hydrogens (primary N) is 1. The Bertz CT molecular complexity index is 663. The van der Waals surface area contributed by atoms with Crippen molar-refractivity contribution < 1.29 is 0 Å². The van der Waals surface area contributed by atoms with E-state index in [4.69, 9.17) is 29.6 Å². The Morgan fingerprint density at radius 3 is 2.35 bits per heavy atom. The van der Waals surface area contributed by atoms with Crippen molar-refractivity contribution in [1.82, 2.24) is 0 Å². The van der Waals surface area contributed by atoms with E-state index in [2.05, 4.69) is 47.2 Å². The molecule has 0 spiro atoms. The van der Waals surface area contributed by atoms with Crippen LogP contribution in [0.25, 0.3) is 0 Å². The molecular formula is C15H14BrClN2S. The second kappa shape index (κ2) is 6.12. The zero-order valence-electron chi connectivity index (χ0n) is 11.1. The van der Waals surface area contributed by atoms with Gasteiger partial charge in [0.15, 0.2) is 0 Å². The zero-order chi connectivity index (χ0) is 14.9. The summed E-state index contributed by atoms with van der Waals surface area (Å²) in [6.45, 7) is 4.10. The highest BCUT2D eigenvalue weighted by molar-refractivity contribution is 9.10. The van der Waals surface area contributed by atoms with E-state index in [0.717, 1.165) is 32.5 Å². The maximum Gasteiger partial charge on any atom is 0.106 e. The highest BCUT2D eigenvalue weighted by atomic mass is 79.9. The number of nitrogens with one attached hydrogen (secondary N) is 1. The molecule has 0 heterocycles. The van der Waals surface area contributed by atoms with Crippen LogP contribution in [0.3, 0.4) is 0 Å². The summed E-state index contributed by atoms with van der Waals surface area (Å²) in [5.74, 6) is 0. The average molecular weight is 370 g/mol. The number of aryl methyl sites for hydroxylation is 2. The maximum absolute atomic E-state index is 6.04. The second-order valence-electron chi connectivity index (χ2n) is 4.60. The molecule has 0 unspecified atom stereocenters. The molecule has 0 aliphatic rings. The van der Waals surface area contributed by atoms with E-state index in [1.165, 1.54) is 0 Å². The van der Waals surface area contributed by atoms with Crippen LogP contribution in [-0.2, 0) is 0 Å². The Hall–Kier alpha value is -1.10. The molecule has 2 aromatic rings. The van der Waals surface area contributed by atoms with Crippen LogP contribution in [0.5, 0.6) is 0 Å². The van der Waals surface area contributed by atoms with Crippen molar-refractivity contribution in [3.8, 4) is 0 Å². The number of anilines is 2. The molecule has 5 heteroatoms. The largest absolute Gasteiger partial charge is 0.389 e. The fourth-order valence-corrected chi connectivity index (χ4v) is 2.59. The third kappa shape index (κ3) is 3.32. The van der Waals surface area contributed by atoms with E-state index in [1.807, 2.05) is 12.1 Å². The summed E-state index contributed by atoms with van der Waals surface area (Å²) in [6, 6.07) is 9.54. The topological polar surface area (TPSA) is 38.0 Å². The first-order chi connectivity index (χ1) is 9.38. The predicted molar refractivity (Wildman–Crippen MR) is 94.2 cm³/mol. The lowest BCUT2D eigenvalue weighted by Crippen LogP contribution is -2.11. The average Bonchev–Trinajstić information content (AvgIpc) is 2.35. The van der Waals surface area contributed by atoms with Crippen LogP contribution in [0.2, 0.25) is 5.02 Å². The minimum Gasteiger partial charge on any atom is -0.389 e. The number of hydrogen-bond donors (Lipinski definition) is 2. The summed E-state index contributed by atoms with van der Waals surface area (Å²) in [4.78, 5) is 0.342. The number of rotatable bonds is 3. The molecule has 0 radical (unpaired) electrons. The first-order valence-corrected chi connectivity index (χ1v) is 7.59. The number of halogens is 2. The van der Waals surface area contributed by atoms with Crippen molar-refractivity contribution in [2.45, 2.75) is 13.8 Å². The van der Waals surface area contributed by atoms with Gasteiger partial charge in [-0.05, 0) is 55.3 Å². The van der Waals surface area contributed by atoms with E-state index in [-0.39, 0.29) is 0 Å². The van der Waals surface area contributed by atoms with Crippen molar-refractivity contribution >= 4 is 56.1 Å². The van der Waals surface area contributed by atoms with Gasteiger partial charge in [0.25, 0.3) is 0 Å². The third-order valence-corrected chi connectivity index (χ3v) is 4.67. The Morgan fingerprint density at radius 2 is 1.80 bits per heavy atom. The summed E-state index contributed by atoms with van der Waals surface area (Å²) in [6.07, 6.45) is 0. The highest BCUT2D eigenvalue weighted by Crippen LogP contribution is 2.29. The van der Waals surface area contributed by atoms with Gasteiger partial charge in [-0.15, -0.1) is 0 Å². The van der Waals surface area contributed by atoms with Gasteiger partial charge < -0.3 is 11.1 Å². The first kappa shape index (κ1) is 15.3. The molecule has 0 amide bonds. The van der Waals surface area contributed by atoms with E-state index in [0.29, 0.717) is 10.0 Å². The molecule has 2 nitrogen and oxygen atoms in total. The van der Waals surface area contributed by atoms with Gasteiger partial charge in [0.2, 0.25) is 0 Å². The molecule has 0 bridgehead atoms.